The molecule has 2 amide bonds. The van der Waals surface area contributed by atoms with Crippen molar-refractivity contribution in [2.75, 3.05) is 31.3 Å². The van der Waals surface area contributed by atoms with Crippen molar-refractivity contribution < 1.29 is 27.5 Å². The number of anilines is 1. The van der Waals surface area contributed by atoms with Gasteiger partial charge >= 0.3 is 0 Å². The third-order valence-corrected chi connectivity index (χ3v) is 9.11. The highest BCUT2D eigenvalue weighted by atomic mass is 35.5. The molecule has 1 saturated carbocycles. The van der Waals surface area contributed by atoms with Crippen LogP contribution in [0, 0.1) is 0 Å². The number of halogens is 1. The Morgan fingerprint density at radius 3 is 2.23 bits per heavy atom. The number of rotatable bonds is 13. The minimum atomic E-state index is -3.93. The second-order valence-electron chi connectivity index (χ2n) is 10.6. The first-order valence-electron chi connectivity index (χ1n) is 14.2. The highest BCUT2D eigenvalue weighted by Crippen LogP contribution is 2.33. The number of hydrogen-bond acceptors (Lipinski definition) is 6. The summed E-state index contributed by atoms with van der Waals surface area (Å²) in [7, 11) is -1.01. The molecule has 1 N–H and O–H groups in total. The van der Waals surface area contributed by atoms with Gasteiger partial charge in [0.15, 0.2) is 11.5 Å². The highest BCUT2D eigenvalue weighted by Gasteiger charge is 2.34. The highest BCUT2D eigenvalue weighted by molar-refractivity contribution is 7.92. The fourth-order valence-electron chi connectivity index (χ4n) is 5.33. The van der Waals surface area contributed by atoms with Crippen LogP contribution < -0.4 is 19.1 Å². The smallest absolute Gasteiger partial charge is 0.244 e. The van der Waals surface area contributed by atoms with Crippen molar-refractivity contribution in [3.8, 4) is 11.5 Å². The van der Waals surface area contributed by atoms with Crippen LogP contribution >= 0.6 is 11.6 Å². The van der Waals surface area contributed by atoms with Crippen molar-refractivity contribution in [3.63, 3.8) is 0 Å². The molecule has 0 radical (unpaired) electrons. The second-order valence-corrected chi connectivity index (χ2v) is 12.9. The summed E-state index contributed by atoms with van der Waals surface area (Å²) < 4.78 is 37.8. The van der Waals surface area contributed by atoms with E-state index in [4.69, 9.17) is 21.1 Å². The largest absolute Gasteiger partial charge is 0.493 e. The molecule has 1 aliphatic carbocycles. The molecule has 0 heterocycles. The zero-order chi connectivity index (χ0) is 31.0. The molecule has 0 aromatic heterocycles. The molecule has 0 aliphatic heterocycles. The van der Waals surface area contributed by atoms with Gasteiger partial charge in [-0.2, -0.15) is 0 Å². The van der Waals surface area contributed by atoms with E-state index in [0.29, 0.717) is 22.1 Å². The Morgan fingerprint density at radius 2 is 1.60 bits per heavy atom. The number of benzene rings is 3. The Bertz CT molecular complexity index is 1510. The van der Waals surface area contributed by atoms with Crippen LogP contribution in [0.1, 0.15) is 36.8 Å². The summed E-state index contributed by atoms with van der Waals surface area (Å²) in [5, 5.41) is 3.59. The van der Waals surface area contributed by atoms with Gasteiger partial charge in [-0.1, -0.05) is 73.0 Å². The molecule has 3 aromatic carbocycles. The summed E-state index contributed by atoms with van der Waals surface area (Å²) in [4.78, 5) is 29.7. The quantitative estimate of drug-likeness (QED) is 0.291. The van der Waals surface area contributed by atoms with E-state index in [-0.39, 0.29) is 30.6 Å². The van der Waals surface area contributed by atoms with E-state index in [1.165, 1.54) is 25.2 Å². The average Bonchev–Trinajstić information content (AvgIpc) is 3.51. The molecule has 1 aliphatic rings. The van der Waals surface area contributed by atoms with E-state index in [1.54, 1.807) is 36.4 Å². The summed E-state index contributed by atoms with van der Waals surface area (Å²) in [6.45, 7) is -0.529. The van der Waals surface area contributed by atoms with Gasteiger partial charge in [0.1, 0.15) is 12.6 Å². The SMILES string of the molecule is COc1ccc(N(CC(=O)N(Cc2ccccc2Cl)[C@H](Cc2ccccc2)C(=O)NC2CCCC2)S(C)(=O)=O)cc1OC. The Labute approximate surface area is 258 Å². The van der Waals surface area contributed by atoms with E-state index in [9.17, 15) is 18.0 Å². The van der Waals surface area contributed by atoms with Gasteiger partial charge < -0.3 is 19.7 Å². The molecule has 11 heteroatoms. The number of sulfonamides is 1. The van der Waals surface area contributed by atoms with Gasteiger partial charge in [0.05, 0.1) is 26.2 Å². The standard InChI is InChI=1S/C32H38ClN3O6S/c1-41-29-18-17-26(20-30(29)42-2)36(43(3,39)40)22-31(37)35(21-24-13-7-10-16-27(24)33)28(19-23-11-5-4-6-12-23)32(38)34-25-14-8-9-15-25/h4-7,10-13,16-18,20,25,28H,8-9,14-15,19,21-22H2,1-3H3,(H,34,38)/t28-/m1/s1. The lowest BCUT2D eigenvalue weighted by Gasteiger charge is -2.34. The maximum absolute atomic E-state index is 14.3. The fourth-order valence-corrected chi connectivity index (χ4v) is 6.36. The van der Waals surface area contributed by atoms with Crippen LogP contribution in [0.15, 0.2) is 72.8 Å². The van der Waals surface area contributed by atoms with Gasteiger partial charge in [0, 0.05) is 30.1 Å². The number of carbonyl (C=O) groups excluding carboxylic acids is 2. The van der Waals surface area contributed by atoms with Gasteiger partial charge in [-0.25, -0.2) is 8.42 Å². The lowest BCUT2D eigenvalue weighted by atomic mass is 10.0. The summed E-state index contributed by atoms with van der Waals surface area (Å²) in [5.41, 5.74) is 1.73. The maximum Gasteiger partial charge on any atom is 0.244 e. The van der Waals surface area contributed by atoms with E-state index >= 15 is 0 Å². The van der Waals surface area contributed by atoms with Crippen molar-refractivity contribution in [1.82, 2.24) is 10.2 Å². The third-order valence-electron chi connectivity index (χ3n) is 7.61. The molecule has 0 unspecified atom stereocenters. The summed E-state index contributed by atoms with van der Waals surface area (Å²) >= 11 is 6.52. The molecule has 0 spiro atoms. The Hall–Kier alpha value is -3.76. The molecule has 4 rings (SSSR count). The minimum absolute atomic E-state index is 0.0115. The number of nitrogens with zero attached hydrogens (tertiary/aromatic N) is 2. The van der Waals surface area contributed by atoms with Crippen LogP contribution in [0.4, 0.5) is 5.69 Å². The van der Waals surface area contributed by atoms with E-state index in [2.05, 4.69) is 5.32 Å². The first kappa shape index (κ1) is 32.2. The van der Waals surface area contributed by atoms with E-state index in [0.717, 1.165) is 41.8 Å². The fraction of sp³-hybridized carbons (Fsp3) is 0.375. The van der Waals surface area contributed by atoms with E-state index in [1.807, 2.05) is 30.3 Å². The van der Waals surface area contributed by atoms with Crippen LogP contribution in [-0.4, -0.2) is 64.2 Å². The third kappa shape index (κ3) is 8.42. The number of methoxy groups -OCH3 is 2. The van der Waals surface area contributed by atoms with Crippen LogP contribution in [0.3, 0.4) is 0 Å². The van der Waals surface area contributed by atoms with Crippen molar-refractivity contribution in [2.45, 2.75) is 50.7 Å². The van der Waals surface area contributed by atoms with Crippen LogP contribution in [-0.2, 0) is 32.6 Å². The Morgan fingerprint density at radius 1 is 0.953 bits per heavy atom. The molecular weight excluding hydrogens is 590 g/mol. The molecule has 1 atom stereocenters. The Kier molecular flexibility index (Phi) is 10.9. The molecule has 43 heavy (non-hydrogen) atoms. The monoisotopic (exact) mass is 627 g/mol. The lowest BCUT2D eigenvalue weighted by Crippen LogP contribution is -2.54. The number of ether oxygens (including phenoxy) is 2. The molecule has 9 nitrogen and oxygen atoms in total. The normalized spacial score (nSPS) is 14.1. The van der Waals surface area contributed by atoms with Gasteiger partial charge in [-0.3, -0.25) is 13.9 Å². The molecule has 230 valence electrons. The van der Waals surface area contributed by atoms with Crippen LogP contribution in [0.2, 0.25) is 5.02 Å². The zero-order valence-corrected chi connectivity index (χ0v) is 26.2. The van der Waals surface area contributed by atoms with Crippen LogP contribution in [0.5, 0.6) is 11.5 Å². The van der Waals surface area contributed by atoms with E-state index < -0.39 is 28.5 Å². The predicted molar refractivity (Wildman–Crippen MR) is 168 cm³/mol. The molecular formula is C32H38ClN3O6S. The molecule has 0 saturated heterocycles. The van der Waals surface area contributed by atoms with Gasteiger partial charge in [0.25, 0.3) is 0 Å². The maximum atomic E-state index is 14.3. The first-order valence-corrected chi connectivity index (χ1v) is 16.4. The van der Waals surface area contributed by atoms with Crippen LogP contribution in [0.25, 0.3) is 0 Å². The zero-order valence-electron chi connectivity index (χ0n) is 24.7. The summed E-state index contributed by atoms with van der Waals surface area (Å²) in [5.74, 6) is -0.111. The van der Waals surface area contributed by atoms with Gasteiger partial charge in [-0.05, 0) is 42.2 Å². The summed E-state index contributed by atoms with van der Waals surface area (Å²) in [6, 6.07) is 20.3. The van der Waals surface area contributed by atoms with Gasteiger partial charge in [0.2, 0.25) is 21.8 Å². The first-order chi connectivity index (χ1) is 20.6. The van der Waals surface area contributed by atoms with Crippen molar-refractivity contribution in [3.05, 3.63) is 88.9 Å². The molecule has 1 fully saturated rings. The number of nitrogens with one attached hydrogen (secondary N) is 1. The van der Waals surface area contributed by atoms with Crippen molar-refractivity contribution in [2.24, 2.45) is 0 Å². The number of amides is 2. The predicted octanol–water partition coefficient (Wildman–Crippen LogP) is 4.82. The minimum Gasteiger partial charge on any atom is -0.493 e. The topological polar surface area (TPSA) is 105 Å². The van der Waals surface area contributed by atoms with Crippen molar-refractivity contribution in [1.29, 1.82) is 0 Å². The van der Waals surface area contributed by atoms with Crippen molar-refractivity contribution >= 4 is 39.1 Å². The average molecular weight is 628 g/mol. The second kappa shape index (κ2) is 14.6. The number of hydrogen-bond donors (Lipinski definition) is 1. The molecule has 3 aromatic rings. The summed E-state index contributed by atoms with van der Waals surface area (Å²) in [6.07, 6.45) is 5.09. The lowest BCUT2D eigenvalue weighted by molar-refractivity contribution is -0.140. The molecule has 0 bridgehead atoms. The number of carbonyl (C=O) groups is 2. The van der Waals surface area contributed by atoms with Gasteiger partial charge in [-0.15, -0.1) is 0 Å². The Balaban J connectivity index is 1.75.